The minimum atomic E-state index is -3.16. The van der Waals surface area contributed by atoms with E-state index in [1.54, 1.807) is 11.4 Å². The first kappa shape index (κ1) is 17.2. The highest BCUT2D eigenvalue weighted by Gasteiger charge is 2.10. The summed E-state index contributed by atoms with van der Waals surface area (Å²) in [5, 5.41) is 8.85. The quantitative estimate of drug-likeness (QED) is 0.610. The summed E-state index contributed by atoms with van der Waals surface area (Å²) in [6.45, 7) is 2.37. The van der Waals surface area contributed by atoms with Gasteiger partial charge in [-0.05, 0) is 19.1 Å². The largest absolute Gasteiger partial charge is 0.359 e. The summed E-state index contributed by atoms with van der Waals surface area (Å²) in [5.74, 6) is 0.0750. The molecule has 0 amide bonds. The molecule has 24 heavy (non-hydrogen) atoms. The Kier molecular flexibility index (Phi) is 5.04. The molecular weight excluding hydrogens is 370 g/mol. The molecule has 3 aromatic rings. The molecule has 2 heterocycles. The highest BCUT2D eigenvalue weighted by molar-refractivity contribution is 7.89. The summed E-state index contributed by atoms with van der Waals surface area (Å²) in [6, 6.07) is 7.46. The number of sulfonamides is 1. The van der Waals surface area contributed by atoms with Crippen LogP contribution in [-0.4, -0.2) is 41.9 Å². The van der Waals surface area contributed by atoms with E-state index in [0.29, 0.717) is 23.2 Å². The molecule has 0 spiro atoms. The standard InChI is InChI=1S/C14H16ClN5O2S2/c1-2-24(21,22)17-8-7-16-13-19-20-9-12(18-14(20)23-13)10-3-5-11(15)6-4-10/h3-6,9,17H,2,7-8H2,1H3,(H,16,19). The van der Waals surface area contributed by atoms with Crippen LogP contribution in [0.2, 0.25) is 5.02 Å². The summed E-state index contributed by atoms with van der Waals surface area (Å²) in [5.41, 5.74) is 1.80. The van der Waals surface area contributed by atoms with Crippen molar-refractivity contribution < 1.29 is 8.42 Å². The molecule has 1 aromatic carbocycles. The Morgan fingerprint density at radius 2 is 2.00 bits per heavy atom. The van der Waals surface area contributed by atoms with Crippen molar-refractivity contribution in [1.29, 1.82) is 0 Å². The predicted octanol–water partition coefficient (Wildman–Crippen LogP) is 2.46. The molecular formula is C14H16ClN5O2S2. The summed E-state index contributed by atoms with van der Waals surface area (Å²) < 4.78 is 26.9. The lowest BCUT2D eigenvalue weighted by molar-refractivity contribution is 0.584. The van der Waals surface area contributed by atoms with Crippen LogP contribution in [0.1, 0.15) is 6.92 Å². The second-order valence-corrected chi connectivity index (χ2v) is 8.48. The van der Waals surface area contributed by atoms with Crippen LogP contribution in [0.3, 0.4) is 0 Å². The van der Waals surface area contributed by atoms with E-state index in [-0.39, 0.29) is 5.75 Å². The molecule has 0 aliphatic heterocycles. The maximum Gasteiger partial charge on any atom is 0.214 e. The number of fused-ring (bicyclic) bond motifs is 1. The van der Waals surface area contributed by atoms with Crippen molar-refractivity contribution in [2.75, 3.05) is 24.2 Å². The van der Waals surface area contributed by atoms with Gasteiger partial charge in [0, 0.05) is 23.7 Å². The average Bonchev–Trinajstić information content (AvgIpc) is 3.11. The molecule has 0 fully saturated rings. The first-order valence-corrected chi connectivity index (χ1v) is 10.1. The molecule has 7 nitrogen and oxygen atoms in total. The molecule has 0 saturated heterocycles. The Balaban J connectivity index is 1.63. The number of nitrogens with zero attached hydrogens (tertiary/aromatic N) is 3. The van der Waals surface area contributed by atoms with Crippen molar-refractivity contribution in [3.63, 3.8) is 0 Å². The fourth-order valence-electron chi connectivity index (χ4n) is 2.01. The van der Waals surface area contributed by atoms with E-state index in [1.807, 2.05) is 30.5 Å². The number of rotatable bonds is 7. The van der Waals surface area contributed by atoms with E-state index in [4.69, 9.17) is 11.6 Å². The number of imidazole rings is 1. The Bertz CT molecular complexity index is 902. The number of halogens is 1. The van der Waals surface area contributed by atoms with E-state index in [0.717, 1.165) is 16.2 Å². The van der Waals surface area contributed by atoms with Crippen LogP contribution in [0.5, 0.6) is 0 Å². The lowest BCUT2D eigenvalue weighted by Gasteiger charge is -2.04. The van der Waals surface area contributed by atoms with E-state index in [2.05, 4.69) is 20.1 Å². The SMILES string of the molecule is CCS(=O)(=O)NCCNc1nn2cc(-c3ccc(Cl)cc3)nc2s1. The van der Waals surface area contributed by atoms with Crippen molar-refractivity contribution in [2.45, 2.75) is 6.92 Å². The Labute approximate surface area is 148 Å². The number of benzene rings is 1. The molecule has 2 N–H and O–H groups in total. The normalized spacial score (nSPS) is 11.9. The van der Waals surface area contributed by atoms with Gasteiger partial charge in [0.05, 0.1) is 17.6 Å². The maximum absolute atomic E-state index is 11.3. The minimum absolute atomic E-state index is 0.0750. The third-order valence-corrected chi connectivity index (χ3v) is 5.82. The van der Waals surface area contributed by atoms with Gasteiger partial charge < -0.3 is 5.32 Å². The van der Waals surface area contributed by atoms with Gasteiger partial charge in [-0.2, -0.15) is 0 Å². The zero-order valence-corrected chi connectivity index (χ0v) is 15.2. The lowest BCUT2D eigenvalue weighted by Crippen LogP contribution is -2.30. The van der Waals surface area contributed by atoms with E-state index < -0.39 is 10.0 Å². The minimum Gasteiger partial charge on any atom is -0.359 e. The van der Waals surface area contributed by atoms with Crippen molar-refractivity contribution in [1.82, 2.24) is 19.3 Å². The van der Waals surface area contributed by atoms with Crippen molar-refractivity contribution in [3.05, 3.63) is 35.5 Å². The molecule has 0 aliphatic carbocycles. The molecule has 0 saturated carbocycles. The van der Waals surface area contributed by atoms with Gasteiger partial charge in [-0.25, -0.2) is 22.6 Å². The Hall–Kier alpha value is -1.68. The van der Waals surface area contributed by atoms with Crippen LogP contribution in [0, 0.1) is 0 Å². The van der Waals surface area contributed by atoms with Crippen LogP contribution in [0.4, 0.5) is 5.13 Å². The van der Waals surface area contributed by atoms with Crippen LogP contribution in [-0.2, 0) is 10.0 Å². The molecule has 10 heteroatoms. The predicted molar refractivity (Wildman–Crippen MR) is 97.3 cm³/mol. The van der Waals surface area contributed by atoms with Gasteiger partial charge in [0.15, 0.2) is 0 Å². The van der Waals surface area contributed by atoms with Crippen molar-refractivity contribution in [2.24, 2.45) is 0 Å². The highest BCUT2D eigenvalue weighted by atomic mass is 35.5. The summed E-state index contributed by atoms with van der Waals surface area (Å²) in [4.78, 5) is 5.30. The fourth-order valence-corrected chi connectivity index (χ4v) is 3.56. The number of anilines is 1. The lowest BCUT2D eigenvalue weighted by atomic mass is 10.2. The van der Waals surface area contributed by atoms with Crippen LogP contribution in [0.15, 0.2) is 30.5 Å². The third kappa shape index (κ3) is 4.04. The van der Waals surface area contributed by atoms with Gasteiger partial charge in [0.25, 0.3) is 0 Å². The van der Waals surface area contributed by atoms with Gasteiger partial charge in [0.2, 0.25) is 20.1 Å². The number of hydrogen-bond donors (Lipinski definition) is 2. The van der Waals surface area contributed by atoms with Gasteiger partial charge in [-0.3, -0.25) is 0 Å². The molecule has 0 radical (unpaired) electrons. The number of aromatic nitrogens is 3. The number of hydrogen-bond acceptors (Lipinski definition) is 6. The maximum atomic E-state index is 11.3. The van der Waals surface area contributed by atoms with E-state index >= 15 is 0 Å². The van der Waals surface area contributed by atoms with Crippen LogP contribution in [0.25, 0.3) is 16.2 Å². The smallest absolute Gasteiger partial charge is 0.214 e. The average molecular weight is 386 g/mol. The first-order valence-electron chi connectivity index (χ1n) is 7.30. The third-order valence-electron chi connectivity index (χ3n) is 3.29. The van der Waals surface area contributed by atoms with E-state index in [1.165, 1.54) is 11.3 Å². The van der Waals surface area contributed by atoms with Gasteiger partial charge in [-0.15, -0.1) is 5.10 Å². The summed E-state index contributed by atoms with van der Waals surface area (Å²) in [6.07, 6.45) is 1.85. The second-order valence-electron chi connectivity index (χ2n) is 4.99. The van der Waals surface area contributed by atoms with Gasteiger partial charge in [0.1, 0.15) is 0 Å². The molecule has 0 atom stereocenters. The number of nitrogens with one attached hydrogen (secondary N) is 2. The van der Waals surface area contributed by atoms with E-state index in [9.17, 15) is 8.42 Å². The van der Waals surface area contributed by atoms with Crippen molar-refractivity contribution >= 4 is 43.1 Å². The summed E-state index contributed by atoms with van der Waals surface area (Å²) >= 11 is 7.29. The monoisotopic (exact) mass is 385 g/mol. The molecule has 0 aliphatic rings. The molecule has 0 unspecified atom stereocenters. The highest BCUT2D eigenvalue weighted by Crippen LogP contribution is 2.25. The Morgan fingerprint density at radius 1 is 1.25 bits per heavy atom. The molecule has 0 bridgehead atoms. The second kappa shape index (κ2) is 7.06. The zero-order valence-electron chi connectivity index (χ0n) is 12.9. The zero-order chi connectivity index (χ0) is 17.2. The van der Waals surface area contributed by atoms with Crippen LogP contribution >= 0.6 is 22.9 Å². The summed E-state index contributed by atoms with van der Waals surface area (Å²) in [7, 11) is -3.16. The topological polar surface area (TPSA) is 88.4 Å². The molecule has 3 rings (SSSR count). The van der Waals surface area contributed by atoms with Gasteiger partial charge in [-0.1, -0.05) is 35.1 Å². The molecule has 128 valence electrons. The fraction of sp³-hybridized carbons (Fsp3) is 0.286. The van der Waals surface area contributed by atoms with Crippen molar-refractivity contribution in [3.8, 4) is 11.3 Å². The first-order chi connectivity index (χ1) is 11.5. The molecule has 2 aromatic heterocycles. The Morgan fingerprint density at radius 3 is 2.67 bits per heavy atom. The van der Waals surface area contributed by atoms with Crippen LogP contribution < -0.4 is 10.0 Å². The van der Waals surface area contributed by atoms with Gasteiger partial charge >= 0.3 is 0 Å².